The summed E-state index contributed by atoms with van der Waals surface area (Å²) in [6, 6.07) is 7.85. The van der Waals surface area contributed by atoms with E-state index in [9.17, 15) is 0 Å². The average Bonchev–Trinajstić information content (AvgIpc) is 3.10. The molecular formula is C16H15N5OS2. The summed E-state index contributed by atoms with van der Waals surface area (Å²) in [4.78, 5) is 8.72. The van der Waals surface area contributed by atoms with E-state index in [4.69, 9.17) is 4.42 Å². The van der Waals surface area contributed by atoms with Gasteiger partial charge < -0.3 is 9.73 Å². The summed E-state index contributed by atoms with van der Waals surface area (Å²) in [7, 11) is 0. The third kappa shape index (κ3) is 2.94. The van der Waals surface area contributed by atoms with Gasteiger partial charge >= 0.3 is 0 Å². The Labute approximate surface area is 146 Å². The van der Waals surface area contributed by atoms with Crippen molar-refractivity contribution in [2.75, 3.05) is 5.32 Å². The molecule has 24 heavy (non-hydrogen) atoms. The van der Waals surface area contributed by atoms with Crippen LogP contribution in [-0.4, -0.2) is 25.7 Å². The molecule has 0 saturated heterocycles. The Bertz CT molecular complexity index is 1020. The number of benzene rings is 1. The van der Waals surface area contributed by atoms with Gasteiger partial charge in [0.25, 0.3) is 0 Å². The molecule has 4 aromatic rings. The molecule has 0 spiro atoms. The molecule has 0 atom stereocenters. The van der Waals surface area contributed by atoms with Crippen molar-refractivity contribution >= 4 is 50.3 Å². The predicted molar refractivity (Wildman–Crippen MR) is 96.7 cm³/mol. The lowest BCUT2D eigenvalue weighted by molar-refractivity contribution is 0.631. The molecular weight excluding hydrogens is 342 g/mol. The maximum absolute atomic E-state index is 5.94. The Morgan fingerprint density at radius 2 is 1.96 bits per heavy atom. The summed E-state index contributed by atoms with van der Waals surface area (Å²) in [5.74, 6) is 0. The third-order valence-corrected chi connectivity index (χ3v) is 5.07. The van der Waals surface area contributed by atoms with Gasteiger partial charge in [-0.2, -0.15) is 0 Å². The maximum Gasteiger partial charge on any atom is 0.206 e. The van der Waals surface area contributed by atoms with Crippen LogP contribution in [0.1, 0.15) is 20.8 Å². The summed E-state index contributed by atoms with van der Waals surface area (Å²) in [6.45, 7) is 6.26. The van der Waals surface area contributed by atoms with Gasteiger partial charge in [-0.3, -0.25) is 0 Å². The Morgan fingerprint density at radius 3 is 2.79 bits per heavy atom. The van der Waals surface area contributed by atoms with Gasteiger partial charge in [-0.05, 0) is 44.7 Å². The van der Waals surface area contributed by atoms with Gasteiger partial charge in [0.15, 0.2) is 9.92 Å². The second-order valence-corrected chi connectivity index (χ2v) is 8.52. The minimum atomic E-state index is -0.0532. The lowest BCUT2D eigenvalue weighted by Gasteiger charge is -2.18. The van der Waals surface area contributed by atoms with E-state index in [1.165, 1.54) is 23.1 Å². The number of fused-ring (bicyclic) bond motifs is 3. The van der Waals surface area contributed by atoms with Crippen LogP contribution >= 0.6 is 23.1 Å². The minimum Gasteiger partial charge on any atom is -0.451 e. The van der Waals surface area contributed by atoms with Crippen LogP contribution in [0.5, 0.6) is 0 Å². The molecule has 0 bridgehead atoms. The van der Waals surface area contributed by atoms with Crippen molar-refractivity contribution < 1.29 is 4.42 Å². The van der Waals surface area contributed by atoms with Gasteiger partial charge in [0.1, 0.15) is 22.5 Å². The number of para-hydroxylation sites is 1. The van der Waals surface area contributed by atoms with E-state index < -0.39 is 0 Å². The highest BCUT2D eigenvalue weighted by atomic mass is 32.2. The van der Waals surface area contributed by atoms with Crippen LogP contribution in [0.25, 0.3) is 22.1 Å². The van der Waals surface area contributed by atoms with Crippen LogP contribution < -0.4 is 5.32 Å². The summed E-state index contributed by atoms with van der Waals surface area (Å²) >= 11 is 2.94. The van der Waals surface area contributed by atoms with Crippen LogP contribution in [0.4, 0.5) is 5.13 Å². The monoisotopic (exact) mass is 357 g/mol. The molecule has 6 nitrogen and oxygen atoms in total. The normalized spacial score (nSPS) is 12.1. The van der Waals surface area contributed by atoms with Gasteiger partial charge in [-0.1, -0.05) is 23.5 Å². The second-order valence-electron chi connectivity index (χ2n) is 6.30. The lowest BCUT2D eigenvalue weighted by Crippen LogP contribution is -2.25. The van der Waals surface area contributed by atoms with E-state index in [1.54, 1.807) is 6.33 Å². The molecule has 0 aliphatic rings. The number of nitrogens with zero attached hydrogens (tertiary/aromatic N) is 4. The molecule has 3 heterocycles. The van der Waals surface area contributed by atoms with E-state index in [0.717, 1.165) is 31.0 Å². The molecule has 0 radical (unpaired) electrons. The molecule has 1 N–H and O–H groups in total. The number of aromatic nitrogens is 4. The smallest absolute Gasteiger partial charge is 0.206 e. The zero-order chi connectivity index (χ0) is 16.7. The average molecular weight is 357 g/mol. The van der Waals surface area contributed by atoms with Crippen molar-refractivity contribution in [3.05, 3.63) is 30.6 Å². The van der Waals surface area contributed by atoms with Gasteiger partial charge in [0.2, 0.25) is 5.13 Å². The summed E-state index contributed by atoms with van der Waals surface area (Å²) in [5.41, 5.74) is 2.26. The van der Waals surface area contributed by atoms with Gasteiger partial charge in [-0.25, -0.2) is 9.97 Å². The molecule has 3 aromatic heterocycles. The van der Waals surface area contributed by atoms with Gasteiger partial charge in [0, 0.05) is 10.9 Å². The Hall–Kier alpha value is -2.19. The van der Waals surface area contributed by atoms with Crippen molar-refractivity contribution in [2.45, 2.75) is 35.7 Å². The van der Waals surface area contributed by atoms with E-state index in [0.29, 0.717) is 5.58 Å². The molecule has 4 rings (SSSR count). The largest absolute Gasteiger partial charge is 0.451 e. The van der Waals surface area contributed by atoms with Crippen LogP contribution in [0.3, 0.4) is 0 Å². The van der Waals surface area contributed by atoms with Gasteiger partial charge in [-0.15, -0.1) is 10.2 Å². The molecule has 0 saturated carbocycles. The van der Waals surface area contributed by atoms with E-state index in [-0.39, 0.29) is 5.54 Å². The number of nitrogens with one attached hydrogen (secondary N) is 1. The van der Waals surface area contributed by atoms with Crippen LogP contribution in [-0.2, 0) is 0 Å². The quantitative estimate of drug-likeness (QED) is 0.537. The fourth-order valence-corrected chi connectivity index (χ4v) is 4.18. The Kier molecular flexibility index (Phi) is 3.65. The molecule has 8 heteroatoms. The number of hydrogen-bond acceptors (Lipinski definition) is 8. The lowest BCUT2D eigenvalue weighted by atomic mass is 10.1. The highest BCUT2D eigenvalue weighted by Crippen LogP contribution is 2.37. The van der Waals surface area contributed by atoms with E-state index in [1.807, 2.05) is 24.3 Å². The molecule has 0 fully saturated rings. The number of hydrogen-bond donors (Lipinski definition) is 1. The highest BCUT2D eigenvalue weighted by Gasteiger charge is 2.17. The molecule has 0 unspecified atom stereocenters. The topological polar surface area (TPSA) is 76.7 Å². The molecule has 122 valence electrons. The van der Waals surface area contributed by atoms with Crippen molar-refractivity contribution in [3.63, 3.8) is 0 Å². The van der Waals surface area contributed by atoms with E-state index >= 15 is 0 Å². The summed E-state index contributed by atoms with van der Waals surface area (Å²) in [6.07, 6.45) is 1.56. The third-order valence-electron chi connectivity index (χ3n) is 3.20. The number of furan rings is 1. The van der Waals surface area contributed by atoms with Crippen LogP contribution in [0.2, 0.25) is 0 Å². The van der Waals surface area contributed by atoms with Crippen LogP contribution in [0.15, 0.2) is 44.4 Å². The summed E-state index contributed by atoms with van der Waals surface area (Å²) < 4.78 is 6.75. The minimum absolute atomic E-state index is 0.0532. The number of anilines is 1. The molecule has 0 amide bonds. The van der Waals surface area contributed by atoms with Gasteiger partial charge in [0.05, 0.1) is 0 Å². The predicted octanol–water partition coefficient (Wildman–Crippen LogP) is 4.59. The van der Waals surface area contributed by atoms with E-state index in [2.05, 4.69) is 46.3 Å². The molecule has 1 aromatic carbocycles. The second kappa shape index (κ2) is 5.71. The van der Waals surface area contributed by atoms with Crippen molar-refractivity contribution in [1.29, 1.82) is 0 Å². The number of rotatable bonds is 3. The highest BCUT2D eigenvalue weighted by molar-refractivity contribution is 8.01. The SMILES string of the molecule is CC(C)(C)Nc1nnc(Sc2ncnc3c2oc2ccccc23)s1. The zero-order valence-electron chi connectivity index (χ0n) is 13.4. The maximum atomic E-state index is 5.94. The molecule has 0 aliphatic heterocycles. The first-order valence-corrected chi connectivity index (χ1v) is 9.05. The fraction of sp³-hybridized carbons (Fsp3) is 0.250. The first-order chi connectivity index (χ1) is 11.5. The van der Waals surface area contributed by atoms with Crippen molar-refractivity contribution in [1.82, 2.24) is 20.2 Å². The van der Waals surface area contributed by atoms with Crippen molar-refractivity contribution in [3.8, 4) is 0 Å². The summed E-state index contributed by atoms with van der Waals surface area (Å²) in [5, 5.41) is 14.3. The Balaban J connectivity index is 1.70. The molecule has 0 aliphatic carbocycles. The van der Waals surface area contributed by atoms with Crippen LogP contribution in [0, 0.1) is 0 Å². The first-order valence-electron chi connectivity index (χ1n) is 7.41. The van der Waals surface area contributed by atoms with Crippen molar-refractivity contribution in [2.24, 2.45) is 0 Å². The fourth-order valence-electron chi connectivity index (χ4n) is 2.28. The standard InChI is InChI=1S/C16H15N5OS2/c1-16(2,3)19-14-20-21-15(24-14)23-13-12-11(17-8-18-13)9-6-4-5-7-10(9)22-12/h4-8H,1-3H3,(H,19,20). The Morgan fingerprint density at radius 1 is 1.12 bits per heavy atom. The zero-order valence-corrected chi connectivity index (χ0v) is 15.0. The first kappa shape index (κ1) is 15.3.